The summed E-state index contributed by atoms with van der Waals surface area (Å²) in [6, 6.07) is 0. The van der Waals surface area contributed by atoms with Crippen LogP contribution < -0.4 is 11.1 Å². The molecule has 0 aromatic carbocycles. The maximum absolute atomic E-state index is 13.2. The van der Waals surface area contributed by atoms with E-state index in [9.17, 15) is 18.0 Å². The Bertz CT molecular complexity index is 985. The first kappa shape index (κ1) is 32.7. The standard InChI is InChI=1S/C26H36Cl2F3N5O/c1-6-15-36(19(5)10-11-20(7-2)26(29,30)31)23(21(8-3)22(28)12-14-27)33-18-35-16-13-25(17-35,24(32)37)34-9-4/h6-8,10-12,34H,1-2,9,13-18H2,3-5H3,(H2,32,37)/b19-10+,20-11+,21-8+,22-12+,33-23-. The number of nitrogens with one attached hydrogen (secondary N) is 1. The van der Waals surface area contributed by atoms with E-state index in [0.29, 0.717) is 48.2 Å². The molecule has 1 atom stereocenters. The molecule has 0 aromatic heterocycles. The van der Waals surface area contributed by atoms with Gasteiger partial charge in [-0.05, 0) is 39.0 Å². The van der Waals surface area contributed by atoms with Crippen LogP contribution in [0, 0.1) is 0 Å². The lowest BCUT2D eigenvalue weighted by molar-refractivity contribution is -0.124. The molecule has 0 radical (unpaired) electrons. The van der Waals surface area contributed by atoms with Crippen LogP contribution >= 0.6 is 23.2 Å². The van der Waals surface area contributed by atoms with E-state index in [2.05, 4.69) is 18.5 Å². The SMILES string of the molecule is C=CCN(C(=N\CN1CCC(NCC)(C(N)=O)C1)/C(=C/C)C(/Cl)=C\CCl)/C(C)=C/C=C(\C=C)C(F)(F)F. The van der Waals surface area contributed by atoms with Crippen molar-refractivity contribution in [1.29, 1.82) is 0 Å². The molecule has 1 rings (SSSR count). The zero-order valence-corrected chi connectivity index (χ0v) is 23.1. The number of alkyl halides is 4. The Hall–Kier alpha value is -2.33. The summed E-state index contributed by atoms with van der Waals surface area (Å²) in [5.41, 5.74) is 4.98. The van der Waals surface area contributed by atoms with Crippen LogP contribution in [-0.2, 0) is 4.79 Å². The van der Waals surface area contributed by atoms with Gasteiger partial charge in [0.2, 0.25) is 5.91 Å². The number of nitrogens with two attached hydrogens (primary N) is 1. The second kappa shape index (κ2) is 15.2. The molecule has 0 saturated carbocycles. The molecular formula is C26H36Cl2F3N5O. The van der Waals surface area contributed by atoms with Crippen LogP contribution in [-0.4, -0.2) is 72.0 Å². The average Bonchev–Trinajstić information content (AvgIpc) is 3.24. The second-order valence-corrected chi connectivity index (χ2v) is 9.06. The molecule has 1 fully saturated rings. The van der Waals surface area contributed by atoms with Crippen LogP contribution in [0.1, 0.15) is 27.2 Å². The highest BCUT2D eigenvalue weighted by molar-refractivity contribution is 6.36. The van der Waals surface area contributed by atoms with Crippen molar-refractivity contribution in [3.8, 4) is 0 Å². The molecule has 1 aliphatic rings. The van der Waals surface area contributed by atoms with Crippen LogP contribution in [0.15, 0.2) is 76.5 Å². The van der Waals surface area contributed by atoms with E-state index in [1.165, 1.54) is 6.08 Å². The molecular weight excluding hydrogens is 526 g/mol. The molecule has 0 spiro atoms. The predicted molar refractivity (Wildman–Crippen MR) is 148 cm³/mol. The summed E-state index contributed by atoms with van der Waals surface area (Å²) in [6.45, 7) is 14.4. The van der Waals surface area contributed by atoms with Crippen molar-refractivity contribution in [3.63, 3.8) is 0 Å². The molecule has 1 saturated heterocycles. The highest BCUT2D eigenvalue weighted by atomic mass is 35.5. The number of primary amides is 1. The maximum atomic E-state index is 13.2. The summed E-state index contributed by atoms with van der Waals surface area (Å²) in [7, 11) is 0. The van der Waals surface area contributed by atoms with Crippen molar-refractivity contribution in [2.75, 3.05) is 38.7 Å². The maximum Gasteiger partial charge on any atom is 0.416 e. The number of hydrogen-bond acceptors (Lipinski definition) is 4. The molecule has 37 heavy (non-hydrogen) atoms. The average molecular weight is 563 g/mol. The van der Waals surface area contributed by atoms with E-state index < -0.39 is 23.2 Å². The molecule has 11 heteroatoms. The highest BCUT2D eigenvalue weighted by Gasteiger charge is 2.42. The normalized spacial score (nSPS) is 20.8. The zero-order chi connectivity index (χ0) is 28.2. The number of nitrogens with zero attached hydrogens (tertiary/aromatic N) is 3. The van der Waals surface area contributed by atoms with E-state index in [1.54, 1.807) is 37.0 Å². The minimum Gasteiger partial charge on any atom is -0.368 e. The Morgan fingerprint density at radius 3 is 2.49 bits per heavy atom. The first-order chi connectivity index (χ1) is 17.4. The van der Waals surface area contributed by atoms with Crippen molar-refractivity contribution in [3.05, 3.63) is 71.5 Å². The van der Waals surface area contributed by atoms with E-state index in [4.69, 9.17) is 33.9 Å². The van der Waals surface area contributed by atoms with Gasteiger partial charge in [-0.15, -0.1) is 18.2 Å². The molecule has 0 bridgehead atoms. The van der Waals surface area contributed by atoms with E-state index in [1.807, 2.05) is 11.8 Å². The van der Waals surface area contributed by atoms with Gasteiger partial charge in [0.15, 0.2) is 0 Å². The minimum absolute atomic E-state index is 0.159. The van der Waals surface area contributed by atoms with Crippen molar-refractivity contribution < 1.29 is 18.0 Å². The fourth-order valence-corrected chi connectivity index (χ4v) is 4.42. The lowest BCUT2D eigenvalue weighted by Gasteiger charge is -2.29. The number of halogens is 5. The first-order valence-electron chi connectivity index (χ1n) is 11.8. The van der Waals surface area contributed by atoms with E-state index in [0.717, 1.165) is 12.2 Å². The fraction of sp³-hybridized carbons (Fsp3) is 0.462. The van der Waals surface area contributed by atoms with Gasteiger partial charge < -0.3 is 16.0 Å². The number of hydrogen-bond donors (Lipinski definition) is 2. The van der Waals surface area contributed by atoms with Gasteiger partial charge in [-0.1, -0.05) is 49.4 Å². The number of amidine groups is 1. The summed E-state index contributed by atoms with van der Waals surface area (Å²) in [5.74, 6) is 0.153. The van der Waals surface area contributed by atoms with Gasteiger partial charge in [-0.25, -0.2) is 0 Å². The Kier molecular flexibility index (Phi) is 13.4. The number of aliphatic imine (C=N–C) groups is 1. The predicted octanol–water partition coefficient (Wildman–Crippen LogP) is 5.26. The quantitative estimate of drug-likeness (QED) is 0.106. The fourth-order valence-electron chi connectivity index (χ4n) is 3.92. The smallest absolute Gasteiger partial charge is 0.368 e. The number of likely N-dealkylation sites (N-methyl/N-ethyl adjacent to an activating group) is 1. The highest BCUT2D eigenvalue weighted by Crippen LogP contribution is 2.27. The van der Waals surface area contributed by atoms with Crippen molar-refractivity contribution in [2.24, 2.45) is 10.7 Å². The van der Waals surface area contributed by atoms with Crippen LogP contribution in [0.25, 0.3) is 0 Å². The molecule has 206 valence electrons. The van der Waals surface area contributed by atoms with Crippen molar-refractivity contribution in [1.82, 2.24) is 15.1 Å². The molecule has 0 aliphatic carbocycles. The molecule has 1 unspecified atom stereocenters. The van der Waals surface area contributed by atoms with Crippen molar-refractivity contribution in [2.45, 2.75) is 38.9 Å². The van der Waals surface area contributed by atoms with Gasteiger partial charge in [-0.3, -0.25) is 14.7 Å². The Morgan fingerprint density at radius 2 is 2.00 bits per heavy atom. The van der Waals surface area contributed by atoms with Crippen LogP contribution in [0.5, 0.6) is 0 Å². The molecule has 1 heterocycles. The van der Waals surface area contributed by atoms with Gasteiger partial charge in [0.25, 0.3) is 0 Å². The molecule has 3 N–H and O–H groups in total. The summed E-state index contributed by atoms with van der Waals surface area (Å²) in [5, 5.41) is 3.53. The van der Waals surface area contributed by atoms with Crippen LogP contribution in [0.4, 0.5) is 13.2 Å². The number of rotatable bonds is 13. The summed E-state index contributed by atoms with van der Waals surface area (Å²) in [4.78, 5) is 20.6. The monoisotopic (exact) mass is 561 g/mol. The lowest BCUT2D eigenvalue weighted by Crippen LogP contribution is -2.57. The van der Waals surface area contributed by atoms with Crippen LogP contribution in [0.2, 0.25) is 0 Å². The van der Waals surface area contributed by atoms with Gasteiger partial charge in [0, 0.05) is 41.8 Å². The van der Waals surface area contributed by atoms with Gasteiger partial charge in [0.1, 0.15) is 11.4 Å². The third kappa shape index (κ3) is 9.17. The Labute approximate surface area is 227 Å². The molecule has 1 amide bonds. The molecule has 1 aliphatic heterocycles. The number of allylic oxidation sites excluding steroid dienone is 7. The number of amides is 1. The first-order valence-corrected chi connectivity index (χ1v) is 12.7. The lowest BCUT2D eigenvalue weighted by atomic mass is 9.98. The van der Waals surface area contributed by atoms with Crippen LogP contribution in [0.3, 0.4) is 0 Å². The third-order valence-electron chi connectivity index (χ3n) is 5.84. The molecule has 6 nitrogen and oxygen atoms in total. The summed E-state index contributed by atoms with van der Waals surface area (Å²) >= 11 is 12.4. The topological polar surface area (TPSA) is 74.0 Å². The minimum atomic E-state index is -4.53. The number of likely N-dealkylation sites (tertiary alicyclic amines) is 1. The number of carbonyl (C=O) groups excluding carboxylic acids is 1. The van der Waals surface area contributed by atoms with E-state index >= 15 is 0 Å². The summed E-state index contributed by atoms with van der Waals surface area (Å²) in [6.07, 6.45) is 4.04. The Balaban J connectivity index is 3.53. The summed E-state index contributed by atoms with van der Waals surface area (Å²) < 4.78 is 39.6. The van der Waals surface area contributed by atoms with Gasteiger partial charge >= 0.3 is 6.18 Å². The largest absolute Gasteiger partial charge is 0.416 e. The Morgan fingerprint density at radius 1 is 1.32 bits per heavy atom. The third-order valence-corrected chi connectivity index (χ3v) is 6.36. The van der Waals surface area contributed by atoms with Gasteiger partial charge in [0.05, 0.1) is 12.2 Å². The second-order valence-electron chi connectivity index (χ2n) is 8.34. The van der Waals surface area contributed by atoms with Gasteiger partial charge in [-0.2, -0.15) is 13.2 Å². The van der Waals surface area contributed by atoms with Crippen molar-refractivity contribution >= 4 is 34.9 Å². The molecule has 0 aromatic rings. The van der Waals surface area contributed by atoms with E-state index in [-0.39, 0.29) is 19.1 Å². The number of carbonyl (C=O) groups is 1. The zero-order valence-electron chi connectivity index (χ0n) is 21.5.